The Bertz CT molecular complexity index is 422. The molecule has 1 amide bonds. The van der Waals surface area contributed by atoms with Crippen molar-refractivity contribution in [3.63, 3.8) is 0 Å². The lowest BCUT2D eigenvalue weighted by atomic mass is 10.2. The number of fused-ring (bicyclic) bond motifs is 1. The Hall–Kier alpha value is -1.56. The van der Waals surface area contributed by atoms with Crippen LogP contribution in [0.1, 0.15) is 6.42 Å². The molecule has 0 fully saturated rings. The van der Waals surface area contributed by atoms with Gasteiger partial charge >= 0.3 is 5.97 Å². The molecule has 15 heavy (non-hydrogen) atoms. The van der Waals surface area contributed by atoms with Gasteiger partial charge in [0.2, 0.25) is 5.91 Å². The Morgan fingerprint density at radius 3 is 3.20 bits per heavy atom. The Morgan fingerprint density at radius 2 is 2.47 bits per heavy atom. The van der Waals surface area contributed by atoms with Crippen LogP contribution in [-0.2, 0) is 9.59 Å². The zero-order valence-electron chi connectivity index (χ0n) is 7.64. The van der Waals surface area contributed by atoms with Gasteiger partial charge in [0, 0.05) is 6.20 Å². The molecule has 0 saturated heterocycles. The van der Waals surface area contributed by atoms with E-state index in [1.807, 2.05) is 0 Å². The van der Waals surface area contributed by atoms with Crippen LogP contribution in [0.4, 0.5) is 5.69 Å². The topological polar surface area (TPSA) is 79.3 Å². The fourth-order valence-electron chi connectivity index (χ4n) is 1.27. The Morgan fingerprint density at radius 1 is 1.67 bits per heavy atom. The van der Waals surface area contributed by atoms with Crippen molar-refractivity contribution < 1.29 is 14.7 Å². The number of rotatable bonds is 2. The number of hydrogen-bond donors (Lipinski definition) is 2. The van der Waals surface area contributed by atoms with Gasteiger partial charge < -0.3 is 10.4 Å². The van der Waals surface area contributed by atoms with Crippen molar-refractivity contribution in [1.82, 2.24) is 4.98 Å². The fraction of sp³-hybridized carbons (Fsp3) is 0.222. The molecule has 5 nitrogen and oxygen atoms in total. The summed E-state index contributed by atoms with van der Waals surface area (Å²) >= 11 is 1.19. The number of anilines is 1. The van der Waals surface area contributed by atoms with E-state index < -0.39 is 11.2 Å². The van der Waals surface area contributed by atoms with Gasteiger partial charge in [0.15, 0.2) is 0 Å². The highest BCUT2D eigenvalue weighted by atomic mass is 32.2. The number of carboxylic acid groups (broad SMARTS) is 1. The number of nitrogens with zero attached hydrogens (tertiary/aromatic N) is 1. The zero-order valence-corrected chi connectivity index (χ0v) is 8.45. The minimum Gasteiger partial charge on any atom is -0.481 e. The maximum atomic E-state index is 11.5. The highest BCUT2D eigenvalue weighted by Crippen LogP contribution is 2.34. The van der Waals surface area contributed by atoms with Gasteiger partial charge in [-0.1, -0.05) is 11.8 Å². The normalized spacial score (nSPS) is 19.2. The van der Waals surface area contributed by atoms with Gasteiger partial charge in [0.1, 0.15) is 10.3 Å². The highest BCUT2D eigenvalue weighted by molar-refractivity contribution is 8.00. The van der Waals surface area contributed by atoms with Crippen LogP contribution >= 0.6 is 11.8 Å². The van der Waals surface area contributed by atoms with Gasteiger partial charge in [0.25, 0.3) is 0 Å². The summed E-state index contributed by atoms with van der Waals surface area (Å²) in [4.78, 5) is 26.0. The lowest BCUT2D eigenvalue weighted by Gasteiger charge is -2.21. The van der Waals surface area contributed by atoms with E-state index in [4.69, 9.17) is 5.11 Å². The summed E-state index contributed by atoms with van der Waals surface area (Å²) in [5.74, 6) is -1.26. The van der Waals surface area contributed by atoms with Gasteiger partial charge in [-0.15, -0.1) is 0 Å². The molecule has 2 N–H and O–H groups in total. The maximum Gasteiger partial charge on any atom is 0.305 e. The Balaban J connectivity index is 2.22. The van der Waals surface area contributed by atoms with E-state index in [0.29, 0.717) is 10.7 Å². The van der Waals surface area contributed by atoms with E-state index in [1.54, 1.807) is 18.3 Å². The smallest absolute Gasteiger partial charge is 0.305 e. The van der Waals surface area contributed by atoms with Gasteiger partial charge in [-0.25, -0.2) is 4.98 Å². The van der Waals surface area contributed by atoms with Crippen LogP contribution < -0.4 is 5.32 Å². The number of carbonyl (C=O) groups excluding carboxylic acids is 1. The third-order valence-electron chi connectivity index (χ3n) is 1.94. The van der Waals surface area contributed by atoms with E-state index in [9.17, 15) is 9.59 Å². The maximum absolute atomic E-state index is 11.5. The highest BCUT2D eigenvalue weighted by Gasteiger charge is 2.29. The summed E-state index contributed by atoms with van der Waals surface area (Å²) in [6.07, 6.45) is 1.42. The molecule has 1 aliphatic heterocycles. The van der Waals surface area contributed by atoms with Gasteiger partial charge in [-0.3, -0.25) is 9.59 Å². The van der Waals surface area contributed by atoms with Crippen LogP contribution in [0.15, 0.2) is 23.4 Å². The molecule has 1 aliphatic rings. The van der Waals surface area contributed by atoms with Crippen LogP contribution in [0.25, 0.3) is 0 Å². The first kappa shape index (κ1) is 9.97. The molecule has 0 spiro atoms. The molecule has 2 heterocycles. The molecule has 6 heteroatoms. The first-order valence-corrected chi connectivity index (χ1v) is 5.19. The van der Waals surface area contributed by atoms with Crippen LogP contribution in [0.2, 0.25) is 0 Å². The van der Waals surface area contributed by atoms with Gasteiger partial charge in [0.05, 0.1) is 12.1 Å². The molecule has 1 aromatic rings. The van der Waals surface area contributed by atoms with Crippen molar-refractivity contribution >= 4 is 29.3 Å². The molecule has 0 bridgehead atoms. The summed E-state index contributed by atoms with van der Waals surface area (Å²) in [5, 5.41) is 11.3. The second-order valence-electron chi connectivity index (χ2n) is 3.05. The van der Waals surface area contributed by atoms with Crippen LogP contribution in [0.5, 0.6) is 0 Å². The number of hydrogen-bond acceptors (Lipinski definition) is 4. The van der Waals surface area contributed by atoms with E-state index in [2.05, 4.69) is 10.3 Å². The van der Waals surface area contributed by atoms with Crippen LogP contribution in [0.3, 0.4) is 0 Å². The molecule has 0 unspecified atom stereocenters. The Kier molecular flexibility index (Phi) is 2.59. The van der Waals surface area contributed by atoms with Crippen molar-refractivity contribution in [2.24, 2.45) is 0 Å². The second kappa shape index (κ2) is 3.90. The summed E-state index contributed by atoms with van der Waals surface area (Å²) < 4.78 is 0. The SMILES string of the molecule is O=C(O)C[C@@H]1Sc2ncccc2NC1=O. The number of thioether (sulfide) groups is 1. The minimum atomic E-state index is -0.984. The average Bonchev–Trinajstić information content (AvgIpc) is 2.18. The van der Waals surface area contributed by atoms with Crippen molar-refractivity contribution in [2.75, 3.05) is 5.32 Å². The van der Waals surface area contributed by atoms with Crippen molar-refractivity contribution in [1.29, 1.82) is 0 Å². The lowest BCUT2D eigenvalue weighted by Crippen LogP contribution is -2.31. The van der Waals surface area contributed by atoms with E-state index in [0.717, 1.165) is 0 Å². The van der Waals surface area contributed by atoms with E-state index >= 15 is 0 Å². The standard InChI is InChI=1S/C9H8N2O3S/c12-7(13)4-6-8(14)11-5-2-1-3-10-9(5)15-6/h1-3,6H,4H2,(H,11,14)(H,12,13)/t6-/m0/s1. The Labute approximate surface area is 89.9 Å². The molecular formula is C9H8N2O3S. The van der Waals surface area contributed by atoms with Crippen molar-refractivity contribution in [3.8, 4) is 0 Å². The molecular weight excluding hydrogens is 216 g/mol. The predicted octanol–water partition coefficient (Wildman–Crippen LogP) is 0.969. The largest absolute Gasteiger partial charge is 0.481 e. The molecule has 2 rings (SSSR count). The number of carboxylic acids is 1. The number of nitrogens with one attached hydrogen (secondary N) is 1. The van der Waals surface area contributed by atoms with Crippen molar-refractivity contribution in [2.45, 2.75) is 16.7 Å². The lowest BCUT2D eigenvalue weighted by molar-refractivity contribution is -0.138. The summed E-state index contributed by atoms with van der Waals surface area (Å²) in [6.45, 7) is 0. The van der Waals surface area contributed by atoms with E-state index in [1.165, 1.54) is 11.8 Å². The summed E-state index contributed by atoms with van der Waals surface area (Å²) in [6, 6.07) is 3.46. The third kappa shape index (κ3) is 2.10. The van der Waals surface area contributed by atoms with Crippen molar-refractivity contribution in [3.05, 3.63) is 18.3 Å². The zero-order chi connectivity index (χ0) is 10.8. The first-order valence-electron chi connectivity index (χ1n) is 4.31. The molecule has 1 aromatic heterocycles. The average molecular weight is 224 g/mol. The minimum absolute atomic E-state index is 0.188. The van der Waals surface area contributed by atoms with Crippen LogP contribution in [-0.4, -0.2) is 27.2 Å². The van der Waals surface area contributed by atoms with Gasteiger partial charge in [-0.05, 0) is 12.1 Å². The number of pyridine rings is 1. The first-order chi connectivity index (χ1) is 7.16. The predicted molar refractivity (Wildman–Crippen MR) is 54.8 cm³/mol. The molecule has 0 aliphatic carbocycles. The molecule has 78 valence electrons. The summed E-state index contributed by atoms with van der Waals surface area (Å²) in [5.41, 5.74) is 0.647. The van der Waals surface area contributed by atoms with Gasteiger partial charge in [-0.2, -0.15) is 0 Å². The quantitative estimate of drug-likeness (QED) is 0.782. The monoisotopic (exact) mass is 224 g/mol. The number of aliphatic carboxylic acids is 1. The molecule has 0 radical (unpaired) electrons. The molecule has 0 aromatic carbocycles. The number of amides is 1. The number of aromatic nitrogens is 1. The summed E-state index contributed by atoms with van der Waals surface area (Å²) in [7, 11) is 0. The second-order valence-corrected chi connectivity index (χ2v) is 4.24. The fourth-order valence-corrected chi connectivity index (χ4v) is 2.30. The molecule has 0 saturated carbocycles. The third-order valence-corrected chi connectivity index (χ3v) is 3.15. The van der Waals surface area contributed by atoms with Crippen LogP contribution in [0, 0.1) is 0 Å². The van der Waals surface area contributed by atoms with E-state index in [-0.39, 0.29) is 12.3 Å². The molecule has 1 atom stereocenters. The number of carbonyl (C=O) groups is 2.